The van der Waals surface area contributed by atoms with Crippen LogP contribution < -0.4 is 5.32 Å². The van der Waals surface area contributed by atoms with Crippen molar-refractivity contribution in [3.8, 4) is 0 Å². The van der Waals surface area contributed by atoms with Gasteiger partial charge in [0.05, 0.1) is 5.69 Å². The molecule has 1 aromatic rings. The standard InChI is InChI=1S/C12H19N3/c1-15-8-4-6-12(15)10-13-9-11-5-2-3-7-14-11/h2-3,5,7,12-13H,4,6,8-10H2,1H3. The van der Waals surface area contributed by atoms with Crippen LogP contribution in [0.15, 0.2) is 24.4 Å². The fraction of sp³-hybridized carbons (Fsp3) is 0.583. The highest BCUT2D eigenvalue weighted by Gasteiger charge is 2.19. The summed E-state index contributed by atoms with van der Waals surface area (Å²) in [5, 5.41) is 3.47. The average Bonchev–Trinajstić information content (AvgIpc) is 2.66. The molecule has 2 rings (SSSR count). The molecule has 0 bridgehead atoms. The molecule has 2 heterocycles. The van der Waals surface area contributed by atoms with Gasteiger partial charge in [-0.2, -0.15) is 0 Å². The van der Waals surface area contributed by atoms with E-state index < -0.39 is 0 Å². The summed E-state index contributed by atoms with van der Waals surface area (Å²) in [6.45, 7) is 3.20. The van der Waals surface area contributed by atoms with Gasteiger partial charge in [0.15, 0.2) is 0 Å². The van der Waals surface area contributed by atoms with E-state index in [0.717, 1.165) is 18.8 Å². The summed E-state index contributed by atoms with van der Waals surface area (Å²) in [5.41, 5.74) is 1.12. The molecular weight excluding hydrogens is 186 g/mol. The maximum atomic E-state index is 4.29. The van der Waals surface area contributed by atoms with E-state index in [1.807, 2.05) is 18.3 Å². The van der Waals surface area contributed by atoms with Gasteiger partial charge in [-0.15, -0.1) is 0 Å². The molecule has 1 atom stereocenters. The van der Waals surface area contributed by atoms with Crippen molar-refractivity contribution in [3.63, 3.8) is 0 Å². The lowest BCUT2D eigenvalue weighted by molar-refractivity contribution is 0.300. The van der Waals surface area contributed by atoms with E-state index in [4.69, 9.17) is 0 Å². The molecule has 1 aliphatic rings. The van der Waals surface area contributed by atoms with Gasteiger partial charge in [-0.3, -0.25) is 4.98 Å². The van der Waals surface area contributed by atoms with Crippen LogP contribution in [0.1, 0.15) is 18.5 Å². The van der Waals surface area contributed by atoms with Crippen molar-refractivity contribution in [1.29, 1.82) is 0 Å². The van der Waals surface area contributed by atoms with Crippen molar-refractivity contribution in [3.05, 3.63) is 30.1 Å². The minimum absolute atomic E-state index is 0.716. The van der Waals surface area contributed by atoms with Crippen LogP contribution >= 0.6 is 0 Å². The number of nitrogens with zero attached hydrogens (tertiary/aromatic N) is 2. The number of likely N-dealkylation sites (N-methyl/N-ethyl adjacent to an activating group) is 1. The number of hydrogen-bond donors (Lipinski definition) is 1. The van der Waals surface area contributed by atoms with E-state index >= 15 is 0 Å². The Morgan fingerprint density at radius 2 is 2.47 bits per heavy atom. The van der Waals surface area contributed by atoms with Gasteiger partial charge in [-0.05, 0) is 38.6 Å². The third-order valence-corrected chi connectivity index (χ3v) is 3.08. The molecule has 0 saturated carbocycles. The summed E-state index contributed by atoms with van der Waals surface area (Å²) in [7, 11) is 2.21. The van der Waals surface area contributed by atoms with E-state index in [-0.39, 0.29) is 0 Å². The third kappa shape index (κ3) is 3.01. The topological polar surface area (TPSA) is 28.2 Å². The summed E-state index contributed by atoms with van der Waals surface area (Å²) in [6, 6.07) is 6.76. The molecule has 0 aromatic carbocycles. The first-order chi connectivity index (χ1) is 7.36. The number of likely N-dealkylation sites (tertiary alicyclic amines) is 1. The van der Waals surface area contributed by atoms with E-state index in [0.29, 0.717) is 6.04 Å². The number of rotatable bonds is 4. The molecule has 1 unspecified atom stereocenters. The van der Waals surface area contributed by atoms with Crippen molar-refractivity contribution in [2.75, 3.05) is 20.1 Å². The van der Waals surface area contributed by atoms with Gasteiger partial charge in [0.1, 0.15) is 0 Å². The number of aromatic nitrogens is 1. The largest absolute Gasteiger partial charge is 0.310 e. The van der Waals surface area contributed by atoms with Crippen LogP contribution in [0.3, 0.4) is 0 Å². The van der Waals surface area contributed by atoms with E-state index in [1.165, 1.54) is 19.4 Å². The summed E-state index contributed by atoms with van der Waals surface area (Å²) in [4.78, 5) is 6.72. The molecule has 1 fully saturated rings. The maximum absolute atomic E-state index is 4.29. The van der Waals surface area contributed by atoms with Gasteiger partial charge in [-0.25, -0.2) is 0 Å². The predicted octanol–water partition coefficient (Wildman–Crippen LogP) is 1.27. The molecule has 0 spiro atoms. The van der Waals surface area contributed by atoms with E-state index in [1.54, 1.807) is 0 Å². The van der Waals surface area contributed by atoms with Crippen LogP contribution in [-0.2, 0) is 6.54 Å². The Bertz CT molecular complexity index is 286. The molecular formula is C12H19N3. The number of hydrogen-bond acceptors (Lipinski definition) is 3. The van der Waals surface area contributed by atoms with E-state index in [2.05, 4.69) is 28.3 Å². The lowest BCUT2D eigenvalue weighted by atomic mass is 10.2. The smallest absolute Gasteiger partial charge is 0.0541 e. The molecule has 3 heteroatoms. The first-order valence-corrected chi connectivity index (χ1v) is 5.67. The van der Waals surface area contributed by atoms with Crippen molar-refractivity contribution in [1.82, 2.24) is 15.2 Å². The summed E-state index contributed by atoms with van der Waals surface area (Å²) in [6.07, 6.45) is 4.51. The normalized spacial score (nSPS) is 22.1. The minimum Gasteiger partial charge on any atom is -0.310 e. The van der Waals surface area contributed by atoms with E-state index in [9.17, 15) is 0 Å². The Hall–Kier alpha value is -0.930. The molecule has 0 amide bonds. The fourth-order valence-corrected chi connectivity index (χ4v) is 2.11. The molecule has 15 heavy (non-hydrogen) atoms. The van der Waals surface area contributed by atoms with Crippen LogP contribution in [0.25, 0.3) is 0 Å². The number of pyridine rings is 1. The second-order valence-corrected chi connectivity index (χ2v) is 4.23. The zero-order chi connectivity index (χ0) is 10.5. The highest BCUT2D eigenvalue weighted by atomic mass is 15.2. The van der Waals surface area contributed by atoms with Crippen molar-refractivity contribution >= 4 is 0 Å². The number of nitrogens with one attached hydrogen (secondary N) is 1. The SMILES string of the molecule is CN1CCCC1CNCc1ccccn1. The lowest BCUT2D eigenvalue weighted by Gasteiger charge is -2.19. The van der Waals surface area contributed by atoms with Crippen LogP contribution in [0.4, 0.5) is 0 Å². The Morgan fingerprint density at radius 3 is 3.13 bits per heavy atom. The fourth-order valence-electron chi connectivity index (χ4n) is 2.11. The molecule has 1 aromatic heterocycles. The Kier molecular flexibility index (Phi) is 3.69. The van der Waals surface area contributed by atoms with Gasteiger partial charge in [0.25, 0.3) is 0 Å². The summed E-state index contributed by atoms with van der Waals surface area (Å²) in [5.74, 6) is 0. The zero-order valence-corrected chi connectivity index (χ0v) is 9.32. The monoisotopic (exact) mass is 205 g/mol. The Balaban J connectivity index is 1.71. The third-order valence-electron chi connectivity index (χ3n) is 3.08. The molecule has 82 valence electrons. The Labute approximate surface area is 91.5 Å². The molecule has 1 saturated heterocycles. The predicted molar refractivity (Wildman–Crippen MR) is 61.6 cm³/mol. The average molecular weight is 205 g/mol. The van der Waals surface area contributed by atoms with Crippen LogP contribution in [0, 0.1) is 0 Å². The van der Waals surface area contributed by atoms with Crippen LogP contribution in [-0.4, -0.2) is 36.1 Å². The van der Waals surface area contributed by atoms with Crippen molar-refractivity contribution in [2.24, 2.45) is 0 Å². The highest BCUT2D eigenvalue weighted by molar-refractivity contribution is 5.02. The molecule has 3 nitrogen and oxygen atoms in total. The zero-order valence-electron chi connectivity index (χ0n) is 9.32. The van der Waals surface area contributed by atoms with Crippen molar-refractivity contribution < 1.29 is 0 Å². The molecule has 1 N–H and O–H groups in total. The molecule has 1 aliphatic heterocycles. The first kappa shape index (κ1) is 10.6. The second kappa shape index (κ2) is 5.24. The first-order valence-electron chi connectivity index (χ1n) is 5.67. The second-order valence-electron chi connectivity index (χ2n) is 4.23. The quantitative estimate of drug-likeness (QED) is 0.802. The lowest BCUT2D eigenvalue weighted by Crippen LogP contribution is -2.35. The van der Waals surface area contributed by atoms with Crippen LogP contribution in [0.5, 0.6) is 0 Å². The minimum atomic E-state index is 0.716. The highest BCUT2D eigenvalue weighted by Crippen LogP contribution is 2.13. The van der Waals surface area contributed by atoms with Gasteiger partial charge in [0.2, 0.25) is 0 Å². The molecule has 0 aliphatic carbocycles. The maximum Gasteiger partial charge on any atom is 0.0541 e. The van der Waals surface area contributed by atoms with Gasteiger partial charge in [-0.1, -0.05) is 6.07 Å². The van der Waals surface area contributed by atoms with Crippen LogP contribution in [0.2, 0.25) is 0 Å². The van der Waals surface area contributed by atoms with Gasteiger partial charge < -0.3 is 10.2 Å². The van der Waals surface area contributed by atoms with Gasteiger partial charge in [0, 0.05) is 25.3 Å². The molecule has 0 radical (unpaired) electrons. The summed E-state index contributed by atoms with van der Waals surface area (Å²) >= 11 is 0. The summed E-state index contributed by atoms with van der Waals surface area (Å²) < 4.78 is 0. The Morgan fingerprint density at radius 1 is 1.53 bits per heavy atom. The van der Waals surface area contributed by atoms with Gasteiger partial charge >= 0.3 is 0 Å². The van der Waals surface area contributed by atoms with Crippen molar-refractivity contribution in [2.45, 2.75) is 25.4 Å².